The summed E-state index contributed by atoms with van der Waals surface area (Å²) in [4.78, 5) is 15.9. The molecule has 0 aliphatic rings. The third-order valence-corrected chi connectivity index (χ3v) is 4.02. The zero-order valence-electron chi connectivity index (χ0n) is 13.6. The summed E-state index contributed by atoms with van der Waals surface area (Å²) in [5, 5.41) is 16.1. The summed E-state index contributed by atoms with van der Waals surface area (Å²) in [5.41, 5.74) is 1.89. The third kappa shape index (κ3) is 2.47. The van der Waals surface area contributed by atoms with Gasteiger partial charge in [-0.2, -0.15) is 5.10 Å². The van der Waals surface area contributed by atoms with E-state index in [1.165, 1.54) is 6.07 Å². The number of nitrogens with zero attached hydrogens (tertiary/aromatic N) is 3. The fourth-order valence-electron chi connectivity index (χ4n) is 2.78. The molecule has 0 saturated carbocycles. The second-order valence-corrected chi connectivity index (χ2v) is 5.59. The lowest BCUT2D eigenvalue weighted by Gasteiger charge is -2.12. The Labute approximate surface area is 138 Å². The van der Waals surface area contributed by atoms with Crippen LogP contribution in [0, 0.1) is 12.7 Å². The standard InChI is InChI=1S/C17H17FN4O2/c1-4-10-7-11(16-19-5-6-22(16)3)14(12(18)8-10)15-13(17(23)24)9(2)20-21-15/h5-8H,4H2,1-3H3,(H,20,21)(H,23,24). The average Bonchev–Trinajstić information content (AvgIpc) is 3.12. The number of aromatic carboxylic acids is 1. The number of aromatic amines is 1. The van der Waals surface area contributed by atoms with Gasteiger partial charge in [-0.15, -0.1) is 0 Å². The van der Waals surface area contributed by atoms with E-state index in [9.17, 15) is 14.3 Å². The quantitative estimate of drug-likeness (QED) is 0.770. The van der Waals surface area contributed by atoms with Crippen molar-refractivity contribution in [1.82, 2.24) is 19.7 Å². The summed E-state index contributed by atoms with van der Waals surface area (Å²) in [6.07, 6.45) is 4.02. The van der Waals surface area contributed by atoms with Gasteiger partial charge in [-0.1, -0.05) is 6.92 Å². The molecule has 24 heavy (non-hydrogen) atoms. The fraction of sp³-hybridized carbons (Fsp3) is 0.235. The van der Waals surface area contributed by atoms with Crippen LogP contribution >= 0.6 is 0 Å². The number of carbonyl (C=O) groups is 1. The van der Waals surface area contributed by atoms with Crippen molar-refractivity contribution in [3.05, 3.63) is 47.2 Å². The molecule has 0 spiro atoms. The van der Waals surface area contributed by atoms with Crippen molar-refractivity contribution in [2.45, 2.75) is 20.3 Å². The van der Waals surface area contributed by atoms with Crippen molar-refractivity contribution in [2.24, 2.45) is 7.05 Å². The highest BCUT2D eigenvalue weighted by atomic mass is 19.1. The minimum absolute atomic E-state index is 0.0337. The molecule has 7 heteroatoms. The molecule has 3 aromatic rings. The second-order valence-electron chi connectivity index (χ2n) is 5.59. The number of halogens is 1. The number of hydrogen-bond acceptors (Lipinski definition) is 3. The van der Waals surface area contributed by atoms with Crippen molar-refractivity contribution < 1.29 is 14.3 Å². The number of carboxylic acid groups (broad SMARTS) is 1. The summed E-state index contributed by atoms with van der Waals surface area (Å²) >= 11 is 0. The predicted octanol–water partition coefficient (Wildman–Crippen LogP) is 3.19. The summed E-state index contributed by atoms with van der Waals surface area (Å²) in [7, 11) is 1.80. The maximum Gasteiger partial charge on any atom is 0.339 e. The largest absolute Gasteiger partial charge is 0.478 e. The van der Waals surface area contributed by atoms with Crippen molar-refractivity contribution >= 4 is 5.97 Å². The van der Waals surface area contributed by atoms with Gasteiger partial charge in [-0.25, -0.2) is 14.2 Å². The van der Waals surface area contributed by atoms with Crippen LogP contribution < -0.4 is 0 Å². The highest BCUT2D eigenvalue weighted by molar-refractivity contribution is 5.98. The molecular weight excluding hydrogens is 311 g/mol. The Morgan fingerprint density at radius 1 is 1.42 bits per heavy atom. The SMILES string of the molecule is CCc1cc(F)c(-c2n[nH]c(C)c2C(=O)O)c(-c2nccn2C)c1. The fourth-order valence-corrected chi connectivity index (χ4v) is 2.78. The molecule has 2 aromatic heterocycles. The van der Waals surface area contributed by atoms with Crippen LogP contribution in [0.25, 0.3) is 22.6 Å². The number of imidazole rings is 1. The van der Waals surface area contributed by atoms with Gasteiger partial charge in [0.05, 0.1) is 0 Å². The van der Waals surface area contributed by atoms with E-state index < -0.39 is 11.8 Å². The van der Waals surface area contributed by atoms with E-state index in [1.807, 2.05) is 13.0 Å². The number of H-pyrrole nitrogens is 1. The highest BCUT2D eigenvalue weighted by Gasteiger charge is 2.25. The first-order valence-electron chi connectivity index (χ1n) is 7.52. The normalized spacial score (nSPS) is 11.0. The van der Waals surface area contributed by atoms with Crippen LogP contribution in [-0.2, 0) is 13.5 Å². The molecule has 2 N–H and O–H groups in total. The van der Waals surface area contributed by atoms with Gasteiger partial charge in [0, 0.05) is 36.3 Å². The maximum atomic E-state index is 14.9. The minimum Gasteiger partial charge on any atom is -0.478 e. The third-order valence-electron chi connectivity index (χ3n) is 4.02. The predicted molar refractivity (Wildman–Crippen MR) is 87.3 cm³/mol. The van der Waals surface area contributed by atoms with Crippen LogP contribution in [0.15, 0.2) is 24.5 Å². The first-order valence-corrected chi connectivity index (χ1v) is 7.52. The Morgan fingerprint density at radius 3 is 2.75 bits per heavy atom. The van der Waals surface area contributed by atoms with E-state index in [0.717, 1.165) is 5.56 Å². The van der Waals surface area contributed by atoms with Gasteiger partial charge in [0.15, 0.2) is 0 Å². The molecule has 0 saturated heterocycles. The van der Waals surface area contributed by atoms with E-state index in [2.05, 4.69) is 15.2 Å². The lowest BCUT2D eigenvalue weighted by Crippen LogP contribution is -2.03. The van der Waals surface area contributed by atoms with Crippen LogP contribution in [-0.4, -0.2) is 30.8 Å². The molecule has 3 rings (SSSR count). The Morgan fingerprint density at radius 2 is 2.17 bits per heavy atom. The Bertz CT molecular complexity index is 927. The minimum atomic E-state index is -1.15. The molecule has 2 heterocycles. The first kappa shape index (κ1) is 15.9. The first-order chi connectivity index (χ1) is 11.4. The van der Waals surface area contributed by atoms with Gasteiger partial charge in [-0.05, 0) is 31.0 Å². The van der Waals surface area contributed by atoms with Crippen LogP contribution in [0.4, 0.5) is 4.39 Å². The van der Waals surface area contributed by atoms with Crippen LogP contribution in [0.2, 0.25) is 0 Å². The van der Waals surface area contributed by atoms with E-state index in [1.54, 1.807) is 30.9 Å². The molecule has 0 bridgehead atoms. The van der Waals surface area contributed by atoms with Gasteiger partial charge in [-0.3, -0.25) is 5.10 Å². The zero-order chi connectivity index (χ0) is 17.4. The van der Waals surface area contributed by atoms with E-state index >= 15 is 0 Å². The Hall–Kier alpha value is -2.96. The highest BCUT2D eigenvalue weighted by Crippen LogP contribution is 2.36. The van der Waals surface area contributed by atoms with Crippen molar-refractivity contribution in [1.29, 1.82) is 0 Å². The number of aromatic nitrogens is 4. The number of aryl methyl sites for hydroxylation is 3. The van der Waals surface area contributed by atoms with Crippen LogP contribution in [0.1, 0.15) is 28.5 Å². The second kappa shape index (κ2) is 5.92. The molecule has 1 aromatic carbocycles. The Kier molecular flexibility index (Phi) is 3.92. The number of benzene rings is 1. The molecule has 124 valence electrons. The lowest BCUT2D eigenvalue weighted by atomic mass is 9.96. The molecule has 0 aliphatic carbocycles. The monoisotopic (exact) mass is 328 g/mol. The van der Waals surface area contributed by atoms with Gasteiger partial charge in [0.1, 0.15) is 22.9 Å². The summed E-state index contributed by atoms with van der Waals surface area (Å²) < 4.78 is 16.6. The summed E-state index contributed by atoms with van der Waals surface area (Å²) in [5.74, 6) is -1.11. The molecule has 0 atom stereocenters. The number of nitrogens with one attached hydrogen (secondary N) is 1. The zero-order valence-corrected chi connectivity index (χ0v) is 13.6. The molecular formula is C17H17FN4O2. The van der Waals surface area contributed by atoms with Crippen LogP contribution in [0.5, 0.6) is 0 Å². The van der Waals surface area contributed by atoms with Crippen molar-refractivity contribution in [2.75, 3.05) is 0 Å². The van der Waals surface area contributed by atoms with E-state index in [0.29, 0.717) is 23.5 Å². The molecule has 0 unspecified atom stereocenters. The number of carboxylic acids is 1. The topological polar surface area (TPSA) is 83.8 Å². The van der Waals surface area contributed by atoms with E-state index in [4.69, 9.17) is 0 Å². The average molecular weight is 328 g/mol. The van der Waals surface area contributed by atoms with Gasteiger partial charge >= 0.3 is 5.97 Å². The van der Waals surface area contributed by atoms with Crippen molar-refractivity contribution in [3.63, 3.8) is 0 Å². The van der Waals surface area contributed by atoms with Crippen LogP contribution in [0.3, 0.4) is 0 Å². The Balaban J connectivity index is 2.37. The molecule has 0 radical (unpaired) electrons. The van der Waals surface area contributed by atoms with Crippen molar-refractivity contribution in [3.8, 4) is 22.6 Å². The molecule has 0 amide bonds. The van der Waals surface area contributed by atoms with E-state index in [-0.39, 0.29) is 16.8 Å². The maximum absolute atomic E-state index is 14.9. The molecule has 6 nitrogen and oxygen atoms in total. The lowest BCUT2D eigenvalue weighted by molar-refractivity contribution is 0.0697. The number of hydrogen-bond donors (Lipinski definition) is 2. The molecule has 0 fully saturated rings. The summed E-state index contributed by atoms with van der Waals surface area (Å²) in [6, 6.07) is 3.24. The summed E-state index contributed by atoms with van der Waals surface area (Å²) in [6.45, 7) is 3.52. The van der Waals surface area contributed by atoms with Gasteiger partial charge in [0.25, 0.3) is 0 Å². The number of rotatable bonds is 4. The van der Waals surface area contributed by atoms with Gasteiger partial charge in [0.2, 0.25) is 0 Å². The van der Waals surface area contributed by atoms with Gasteiger partial charge < -0.3 is 9.67 Å². The molecule has 0 aliphatic heterocycles. The smallest absolute Gasteiger partial charge is 0.339 e.